The van der Waals surface area contributed by atoms with Crippen molar-refractivity contribution in [2.24, 2.45) is 11.0 Å². The molecule has 3 rings (SSSR count). The third kappa shape index (κ3) is 9.81. The van der Waals surface area contributed by atoms with E-state index in [2.05, 4.69) is 10.0 Å². The number of azide groups is 1. The van der Waals surface area contributed by atoms with E-state index in [0.29, 0.717) is 6.42 Å². The Bertz CT molecular complexity index is 1190. The first-order valence-corrected chi connectivity index (χ1v) is 13.5. The van der Waals surface area contributed by atoms with E-state index in [-0.39, 0.29) is 32.3 Å². The van der Waals surface area contributed by atoms with Crippen molar-refractivity contribution in [2.45, 2.75) is 31.8 Å². The van der Waals surface area contributed by atoms with E-state index in [1.165, 1.54) is 0 Å². The highest BCUT2D eigenvalue weighted by molar-refractivity contribution is 7.86. The van der Waals surface area contributed by atoms with Crippen molar-refractivity contribution < 1.29 is 22.1 Å². The van der Waals surface area contributed by atoms with Gasteiger partial charge in [-0.15, -0.1) is 0 Å². The summed E-state index contributed by atoms with van der Waals surface area (Å²) in [6.07, 6.45) is -0.177. The molecule has 0 spiro atoms. The predicted octanol–water partition coefficient (Wildman–Crippen LogP) is 5.30. The lowest BCUT2D eigenvalue weighted by atomic mass is 9.90. The van der Waals surface area contributed by atoms with Gasteiger partial charge in [-0.3, -0.25) is 4.18 Å². The Kier molecular flexibility index (Phi) is 10.9. The molecule has 3 atom stereocenters. The average Bonchev–Trinajstić information content (AvgIpc) is 2.88. The maximum Gasteiger partial charge on any atom is 0.264 e. The Labute approximate surface area is 212 Å². The minimum absolute atomic E-state index is 0.0248. The Morgan fingerprint density at radius 2 is 1.36 bits per heavy atom. The molecule has 0 aliphatic rings. The molecular weight excluding hydrogens is 478 g/mol. The number of ether oxygens (including phenoxy) is 2. The van der Waals surface area contributed by atoms with Crippen LogP contribution in [0.3, 0.4) is 0 Å². The summed E-state index contributed by atoms with van der Waals surface area (Å²) in [7, 11) is -3.84. The van der Waals surface area contributed by atoms with Gasteiger partial charge < -0.3 is 9.47 Å². The zero-order chi connectivity index (χ0) is 25.6. The summed E-state index contributed by atoms with van der Waals surface area (Å²) in [5.41, 5.74) is 11.9. The van der Waals surface area contributed by atoms with Gasteiger partial charge in [-0.1, -0.05) is 96.1 Å². The van der Waals surface area contributed by atoms with Crippen LogP contribution in [0, 0.1) is 5.92 Å². The number of nitrogens with zero attached hydrogens (tertiary/aromatic N) is 3. The van der Waals surface area contributed by atoms with Gasteiger partial charge in [0, 0.05) is 11.5 Å². The summed E-state index contributed by atoms with van der Waals surface area (Å²) in [5.74, 6) is -0.362. The predicted molar refractivity (Wildman–Crippen MR) is 138 cm³/mol. The molecule has 9 heteroatoms. The molecule has 1 unspecified atom stereocenters. The number of hydrogen-bond acceptors (Lipinski definition) is 6. The molecule has 0 fully saturated rings. The monoisotopic (exact) mass is 509 g/mol. The lowest BCUT2D eigenvalue weighted by Gasteiger charge is -2.32. The Morgan fingerprint density at radius 1 is 0.833 bits per heavy atom. The lowest BCUT2D eigenvalue weighted by Crippen LogP contribution is -2.44. The topological polar surface area (TPSA) is 111 Å². The van der Waals surface area contributed by atoms with Gasteiger partial charge in [-0.05, 0) is 34.6 Å². The van der Waals surface area contributed by atoms with Crippen LogP contribution in [-0.2, 0) is 43.4 Å². The van der Waals surface area contributed by atoms with E-state index in [1.807, 2.05) is 91.0 Å². The summed E-state index contributed by atoms with van der Waals surface area (Å²) in [6.45, 7) is 0.598. The molecule has 3 aromatic rings. The van der Waals surface area contributed by atoms with Crippen molar-refractivity contribution in [3.8, 4) is 0 Å². The van der Waals surface area contributed by atoms with E-state index in [1.54, 1.807) is 0 Å². The zero-order valence-corrected chi connectivity index (χ0v) is 21.0. The summed E-state index contributed by atoms with van der Waals surface area (Å²) >= 11 is 0. The molecule has 190 valence electrons. The van der Waals surface area contributed by atoms with Crippen molar-refractivity contribution in [2.75, 3.05) is 19.4 Å². The van der Waals surface area contributed by atoms with Gasteiger partial charge in [0.15, 0.2) is 0 Å². The summed E-state index contributed by atoms with van der Waals surface area (Å²) in [4.78, 5) is 2.93. The average molecular weight is 510 g/mol. The van der Waals surface area contributed by atoms with E-state index in [0.717, 1.165) is 22.9 Å². The van der Waals surface area contributed by atoms with Crippen LogP contribution in [0.2, 0.25) is 0 Å². The molecule has 0 aliphatic heterocycles. The van der Waals surface area contributed by atoms with Crippen molar-refractivity contribution >= 4 is 10.1 Å². The van der Waals surface area contributed by atoms with E-state index < -0.39 is 22.3 Å². The van der Waals surface area contributed by atoms with Crippen LogP contribution in [0.1, 0.15) is 16.7 Å². The van der Waals surface area contributed by atoms with E-state index >= 15 is 0 Å². The fourth-order valence-electron chi connectivity index (χ4n) is 3.93. The van der Waals surface area contributed by atoms with Crippen LogP contribution in [-0.4, -0.2) is 40.0 Å². The normalized spacial score (nSPS) is 13.9. The molecule has 0 aromatic heterocycles. The molecule has 0 heterocycles. The third-order valence-electron chi connectivity index (χ3n) is 5.53. The molecule has 0 amide bonds. The lowest BCUT2D eigenvalue weighted by molar-refractivity contribution is -0.0906. The summed E-state index contributed by atoms with van der Waals surface area (Å²) < 4.78 is 42.2. The van der Waals surface area contributed by atoms with Crippen LogP contribution in [0.5, 0.6) is 0 Å². The standard InChI is InChI=1S/C27H31N3O5S/c1-36(31,32)35-26(21-33-19-23-13-7-3-8-14-23)27(34-20-24-15-9-4-10-16-24)25(18-29-30-28)17-22-11-5-2-6-12-22/h2-16,25-27H,17-21H2,1H3/t25?,26-,27+/m0/s1. The molecule has 0 saturated carbocycles. The van der Waals surface area contributed by atoms with Gasteiger partial charge in [0.05, 0.1) is 32.2 Å². The molecule has 0 aliphatic carbocycles. The van der Waals surface area contributed by atoms with Crippen molar-refractivity contribution in [1.29, 1.82) is 0 Å². The Balaban J connectivity index is 1.88. The quantitative estimate of drug-likeness (QED) is 0.119. The van der Waals surface area contributed by atoms with Crippen LogP contribution >= 0.6 is 0 Å². The molecule has 36 heavy (non-hydrogen) atoms. The van der Waals surface area contributed by atoms with Crippen molar-refractivity contribution in [3.63, 3.8) is 0 Å². The first kappa shape index (κ1) is 27.4. The number of rotatable bonds is 15. The van der Waals surface area contributed by atoms with Crippen LogP contribution < -0.4 is 0 Å². The van der Waals surface area contributed by atoms with Gasteiger partial charge in [-0.2, -0.15) is 8.42 Å². The van der Waals surface area contributed by atoms with Gasteiger partial charge >= 0.3 is 0 Å². The first-order valence-electron chi connectivity index (χ1n) is 11.6. The fraction of sp³-hybridized carbons (Fsp3) is 0.333. The second kappa shape index (κ2) is 14.4. The van der Waals surface area contributed by atoms with Crippen LogP contribution in [0.25, 0.3) is 10.4 Å². The fourth-order valence-corrected chi connectivity index (χ4v) is 4.54. The van der Waals surface area contributed by atoms with Gasteiger partial charge in [-0.25, -0.2) is 0 Å². The van der Waals surface area contributed by atoms with Crippen LogP contribution in [0.4, 0.5) is 0 Å². The van der Waals surface area contributed by atoms with Gasteiger partial charge in [0.2, 0.25) is 0 Å². The van der Waals surface area contributed by atoms with Crippen LogP contribution in [0.15, 0.2) is 96.1 Å². The SMILES string of the molecule is CS(=O)(=O)O[C@@H](COCc1ccccc1)[C@H](OCc1ccccc1)C(CN=[N+]=[N-])Cc1ccccc1. The van der Waals surface area contributed by atoms with Gasteiger partial charge in [0.25, 0.3) is 10.1 Å². The molecule has 0 bridgehead atoms. The number of hydrogen-bond donors (Lipinski definition) is 0. The number of benzene rings is 3. The smallest absolute Gasteiger partial charge is 0.264 e. The van der Waals surface area contributed by atoms with E-state index in [4.69, 9.17) is 19.2 Å². The summed E-state index contributed by atoms with van der Waals surface area (Å²) in [5, 5.41) is 3.81. The Hall–Kier alpha value is -3.20. The Morgan fingerprint density at radius 3 is 1.89 bits per heavy atom. The maximum absolute atomic E-state index is 12.2. The summed E-state index contributed by atoms with van der Waals surface area (Å²) in [6, 6.07) is 28.9. The third-order valence-corrected chi connectivity index (χ3v) is 6.13. The maximum atomic E-state index is 12.2. The largest absolute Gasteiger partial charge is 0.374 e. The highest BCUT2D eigenvalue weighted by atomic mass is 32.2. The van der Waals surface area contributed by atoms with Crippen molar-refractivity contribution in [3.05, 3.63) is 118 Å². The minimum Gasteiger partial charge on any atom is -0.374 e. The van der Waals surface area contributed by atoms with E-state index in [9.17, 15) is 8.42 Å². The molecular formula is C27H31N3O5S. The van der Waals surface area contributed by atoms with Crippen molar-refractivity contribution in [1.82, 2.24) is 0 Å². The highest BCUT2D eigenvalue weighted by Gasteiger charge is 2.34. The molecule has 3 aromatic carbocycles. The molecule has 0 radical (unpaired) electrons. The molecule has 0 N–H and O–H groups in total. The first-order chi connectivity index (χ1) is 17.4. The van der Waals surface area contributed by atoms with Gasteiger partial charge in [0.1, 0.15) is 6.10 Å². The minimum atomic E-state index is -3.84. The second-order valence-electron chi connectivity index (χ2n) is 8.46. The second-order valence-corrected chi connectivity index (χ2v) is 10.1. The molecule has 8 nitrogen and oxygen atoms in total. The highest BCUT2D eigenvalue weighted by Crippen LogP contribution is 2.24. The zero-order valence-electron chi connectivity index (χ0n) is 20.2. The molecule has 0 saturated heterocycles.